The Bertz CT molecular complexity index is 739. The van der Waals surface area contributed by atoms with Gasteiger partial charge in [-0.3, -0.25) is 0 Å². The Kier molecular flexibility index (Phi) is 3.73. The van der Waals surface area contributed by atoms with Crippen LogP contribution in [0.25, 0.3) is 0 Å². The van der Waals surface area contributed by atoms with Crippen molar-refractivity contribution in [2.75, 3.05) is 0 Å². The number of benzene rings is 3. The van der Waals surface area contributed by atoms with Crippen LogP contribution in [0.5, 0.6) is 0 Å². The van der Waals surface area contributed by atoms with E-state index in [2.05, 4.69) is 0 Å². The minimum Gasteiger partial charge on any atom is -0.376 e. The first-order chi connectivity index (χ1) is 10.6. The van der Waals surface area contributed by atoms with Crippen LogP contribution >= 0.6 is 0 Å². The Morgan fingerprint density at radius 2 is 1.05 bits per heavy atom. The first-order valence-electron chi connectivity index (χ1n) is 6.90. The molecule has 0 spiro atoms. The summed E-state index contributed by atoms with van der Waals surface area (Å²) in [6.07, 6.45) is 0. The van der Waals surface area contributed by atoms with Crippen molar-refractivity contribution in [2.45, 2.75) is 5.60 Å². The number of halogens is 2. The Morgan fingerprint density at radius 1 is 0.591 bits per heavy atom. The maximum Gasteiger partial charge on any atom is 0.140 e. The molecule has 0 radical (unpaired) electrons. The van der Waals surface area contributed by atoms with E-state index in [1.807, 2.05) is 6.07 Å². The molecule has 3 rings (SSSR count). The third kappa shape index (κ3) is 2.51. The lowest BCUT2D eigenvalue weighted by Crippen LogP contribution is -2.29. The quantitative estimate of drug-likeness (QED) is 0.716. The minimum absolute atomic E-state index is 0.351. The van der Waals surface area contributed by atoms with Gasteiger partial charge in [0.2, 0.25) is 0 Å². The highest BCUT2D eigenvalue weighted by Crippen LogP contribution is 2.36. The normalized spacial score (nSPS) is 11.4. The highest BCUT2D eigenvalue weighted by Gasteiger charge is 2.34. The summed E-state index contributed by atoms with van der Waals surface area (Å²) in [5.74, 6) is -0.911. The zero-order valence-electron chi connectivity index (χ0n) is 11.7. The molecule has 0 amide bonds. The van der Waals surface area contributed by atoms with Gasteiger partial charge in [0, 0.05) is 0 Å². The van der Waals surface area contributed by atoms with Gasteiger partial charge in [0.05, 0.1) is 0 Å². The number of rotatable bonds is 3. The van der Waals surface area contributed by atoms with E-state index < -0.39 is 17.2 Å². The zero-order chi connectivity index (χ0) is 15.6. The smallest absolute Gasteiger partial charge is 0.140 e. The molecule has 1 N–H and O–H groups in total. The van der Waals surface area contributed by atoms with Crippen LogP contribution in [0.1, 0.15) is 16.7 Å². The molecule has 0 aromatic heterocycles. The second kappa shape index (κ2) is 5.70. The summed E-state index contributed by atoms with van der Waals surface area (Å²) in [7, 11) is 0. The van der Waals surface area contributed by atoms with Crippen molar-refractivity contribution in [1.29, 1.82) is 0 Å². The predicted octanol–water partition coefficient (Wildman–Crippen LogP) is 4.25. The standard InChI is InChI=1S/C19H14F2O/c20-17-10-4-8-15(12-17)19(22,14-6-2-1-3-7-14)16-9-5-11-18(21)13-16/h1-13,22H. The molecular weight excluding hydrogens is 282 g/mol. The maximum atomic E-state index is 13.6. The highest BCUT2D eigenvalue weighted by atomic mass is 19.1. The van der Waals surface area contributed by atoms with Gasteiger partial charge >= 0.3 is 0 Å². The molecule has 0 atom stereocenters. The summed E-state index contributed by atoms with van der Waals surface area (Å²) in [6, 6.07) is 20.3. The van der Waals surface area contributed by atoms with E-state index >= 15 is 0 Å². The van der Waals surface area contributed by atoms with Crippen LogP contribution in [0.2, 0.25) is 0 Å². The van der Waals surface area contributed by atoms with Gasteiger partial charge < -0.3 is 5.11 Å². The SMILES string of the molecule is OC(c1ccccc1)(c1cccc(F)c1)c1cccc(F)c1. The summed E-state index contributed by atoms with van der Waals surface area (Å²) in [5.41, 5.74) is -0.370. The van der Waals surface area contributed by atoms with Gasteiger partial charge in [-0.25, -0.2) is 8.78 Å². The minimum atomic E-state index is -1.62. The van der Waals surface area contributed by atoms with Crippen LogP contribution in [0, 0.1) is 11.6 Å². The molecule has 0 saturated heterocycles. The van der Waals surface area contributed by atoms with Crippen molar-refractivity contribution in [3.05, 3.63) is 107 Å². The number of hydrogen-bond acceptors (Lipinski definition) is 1. The lowest BCUT2D eigenvalue weighted by Gasteiger charge is -2.30. The Labute approximate surface area is 127 Å². The van der Waals surface area contributed by atoms with Crippen molar-refractivity contribution >= 4 is 0 Å². The van der Waals surface area contributed by atoms with E-state index in [0.717, 1.165) is 0 Å². The average molecular weight is 296 g/mol. The second-order valence-electron chi connectivity index (χ2n) is 5.10. The fourth-order valence-electron chi connectivity index (χ4n) is 2.61. The summed E-state index contributed by atoms with van der Waals surface area (Å²) < 4.78 is 27.2. The monoisotopic (exact) mass is 296 g/mol. The third-order valence-corrected chi connectivity index (χ3v) is 3.68. The Morgan fingerprint density at radius 3 is 1.50 bits per heavy atom. The molecule has 0 aliphatic rings. The fraction of sp³-hybridized carbons (Fsp3) is 0.0526. The molecule has 0 bridgehead atoms. The third-order valence-electron chi connectivity index (χ3n) is 3.68. The molecule has 110 valence electrons. The van der Waals surface area contributed by atoms with Crippen LogP contribution in [-0.2, 0) is 5.60 Å². The Balaban J connectivity index is 2.27. The number of hydrogen-bond donors (Lipinski definition) is 1. The first kappa shape index (κ1) is 14.4. The summed E-state index contributed by atoms with van der Waals surface area (Å²) in [5, 5.41) is 11.3. The second-order valence-corrected chi connectivity index (χ2v) is 5.10. The maximum absolute atomic E-state index is 13.6. The molecule has 0 saturated carbocycles. The molecule has 3 heteroatoms. The van der Waals surface area contributed by atoms with Crippen molar-refractivity contribution in [2.24, 2.45) is 0 Å². The van der Waals surface area contributed by atoms with Gasteiger partial charge in [0.1, 0.15) is 17.2 Å². The topological polar surface area (TPSA) is 20.2 Å². The van der Waals surface area contributed by atoms with Crippen LogP contribution in [-0.4, -0.2) is 5.11 Å². The van der Waals surface area contributed by atoms with E-state index in [1.165, 1.54) is 36.4 Å². The zero-order valence-corrected chi connectivity index (χ0v) is 11.7. The fourth-order valence-corrected chi connectivity index (χ4v) is 2.61. The van der Waals surface area contributed by atoms with Gasteiger partial charge in [-0.1, -0.05) is 54.6 Å². The Hall–Kier alpha value is -2.52. The largest absolute Gasteiger partial charge is 0.376 e. The van der Waals surface area contributed by atoms with Crippen molar-refractivity contribution in [1.82, 2.24) is 0 Å². The lowest BCUT2D eigenvalue weighted by atomic mass is 9.80. The van der Waals surface area contributed by atoms with Crippen LogP contribution in [0.15, 0.2) is 78.9 Å². The van der Waals surface area contributed by atoms with E-state index in [9.17, 15) is 13.9 Å². The average Bonchev–Trinajstić information content (AvgIpc) is 2.55. The molecule has 22 heavy (non-hydrogen) atoms. The summed E-state index contributed by atoms with van der Waals surface area (Å²) in [6.45, 7) is 0. The molecule has 0 aliphatic carbocycles. The molecule has 0 heterocycles. The van der Waals surface area contributed by atoms with Crippen LogP contribution in [0.4, 0.5) is 8.78 Å². The van der Waals surface area contributed by atoms with E-state index in [-0.39, 0.29) is 0 Å². The van der Waals surface area contributed by atoms with Gasteiger partial charge in [-0.05, 0) is 41.0 Å². The summed E-state index contributed by atoms with van der Waals surface area (Å²) >= 11 is 0. The van der Waals surface area contributed by atoms with E-state index in [4.69, 9.17) is 0 Å². The molecule has 0 fully saturated rings. The van der Waals surface area contributed by atoms with E-state index in [1.54, 1.807) is 36.4 Å². The molecular formula is C19H14F2O. The molecule has 3 aromatic rings. The van der Waals surface area contributed by atoms with Crippen molar-refractivity contribution in [3.63, 3.8) is 0 Å². The lowest BCUT2D eigenvalue weighted by molar-refractivity contribution is 0.125. The van der Waals surface area contributed by atoms with Crippen LogP contribution < -0.4 is 0 Å². The predicted molar refractivity (Wildman–Crippen MR) is 81.3 cm³/mol. The molecule has 0 unspecified atom stereocenters. The first-order valence-corrected chi connectivity index (χ1v) is 6.90. The van der Waals surface area contributed by atoms with Crippen LogP contribution in [0.3, 0.4) is 0 Å². The van der Waals surface area contributed by atoms with Gasteiger partial charge in [-0.15, -0.1) is 0 Å². The van der Waals surface area contributed by atoms with E-state index in [0.29, 0.717) is 16.7 Å². The number of aliphatic hydroxyl groups is 1. The molecule has 0 aliphatic heterocycles. The summed E-state index contributed by atoms with van der Waals surface area (Å²) in [4.78, 5) is 0. The van der Waals surface area contributed by atoms with Gasteiger partial charge in [-0.2, -0.15) is 0 Å². The molecule has 1 nitrogen and oxygen atoms in total. The van der Waals surface area contributed by atoms with Gasteiger partial charge in [0.25, 0.3) is 0 Å². The van der Waals surface area contributed by atoms with Crippen molar-refractivity contribution in [3.8, 4) is 0 Å². The van der Waals surface area contributed by atoms with Gasteiger partial charge in [0.15, 0.2) is 0 Å². The highest BCUT2D eigenvalue weighted by molar-refractivity contribution is 5.46. The molecule has 3 aromatic carbocycles. The van der Waals surface area contributed by atoms with Crippen molar-refractivity contribution < 1.29 is 13.9 Å².